The first kappa shape index (κ1) is 21.8. The molecule has 7 nitrogen and oxygen atoms in total. The van der Waals surface area contributed by atoms with Gasteiger partial charge in [0.2, 0.25) is 0 Å². The van der Waals surface area contributed by atoms with Gasteiger partial charge in [0.1, 0.15) is 11.3 Å². The summed E-state index contributed by atoms with van der Waals surface area (Å²) >= 11 is 0. The van der Waals surface area contributed by atoms with Crippen LogP contribution in [0.3, 0.4) is 0 Å². The van der Waals surface area contributed by atoms with Gasteiger partial charge in [-0.25, -0.2) is 4.79 Å². The fraction of sp³-hybridized carbons (Fsp3) is 0.462. The van der Waals surface area contributed by atoms with Crippen LogP contribution in [0.25, 0.3) is 10.9 Å². The summed E-state index contributed by atoms with van der Waals surface area (Å²) in [5, 5.41) is 4.31. The fourth-order valence-corrected chi connectivity index (χ4v) is 5.63. The second kappa shape index (κ2) is 8.37. The number of amides is 3. The summed E-state index contributed by atoms with van der Waals surface area (Å²) in [5.74, 6) is 0.808. The average Bonchev–Trinajstić information content (AvgIpc) is 3.26. The third-order valence-corrected chi connectivity index (χ3v) is 7.17. The van der Waals surface area contributed by atoms with Crippen LogP contribution < -0.4 is 10.1 Å². The number of hydrogen-bond acceptors (Lipinski definition) is 4. The summed E-state index contributed by atoms with van der Waals surface area (Å²) in [6, 6.07) is 5.64. The van der Waals surface area contributed by atoms with Gasteiger partial charge in [0.05, 0.1) is 12.6 Å². The number of carbonyl (C=O) groups excluding carboxylic acids is 2. The summed E-state index contributed by atoms with van der Waals surface area (Å²) in [6.07, 6.45) is 9.70. The Balaban J connectivity index is 1.63. The largest absolute Gasteiger partial charge is 0.494 e. The Morgan fingerprint density at radius 2 is 2.09 bits per heavy atom. The molecule has 1 fully saturated rings. The quantitative estimate of drug-likeness (QED) is 0.497. The van der Waals surface area contributed by atoms with E-state index in [9.17, 15) is 9.59 Å². The van der Waals surface area contributed by atoms with Crippen molar-refractivity contribution in [2.24, 2.45) is 5.92 Å². The number of imide groups is 1. The monoisotopic (exact) mass is 448 g/mol. The molecule has 3 heterocycles. The number of likely N-dealkylation sites (N-methyl/N-ethyl adjacent to an activating group) is 1. The van der Waals surface area contributed by atoms with Crippen LogP contribution in [0.4, 0.5) is 4.79 Å². The zero-order valence-electron chi connectivity index (χ0n) is 19.6. The van der Waals surface area contributed by atoms with Crippen molar-refractivity contribution in [3.8, 4) is 5.75 Å². The molecule has 1 aliphatic carbocycles. The second-order valence-electron chi connectivity index (χ2n) is 9.23. The topological polar surface area (TPSA) is 77.7 Å². The van der Waals surface area contributed by atoms with Gasteiger partial charge < -0.3 is 19.9 Å². The molecule has 1 saturated heterocycles. The second-order valence-corrected chi connectivity index (χ2v) is 9.23. The number of nitrogens with zero attached hydrogens (tertiary/aromatic N) is 2. The van der Waals surface area contributed by atoms with Crippen LogP contribution in [0.1, 0.15) is 44.5 Å². The highest BCUT2D eigenvalue weighted by Crippen LogP contribution is 2.50. The standard InChI is InChI=1S/C26H32N4O3/c1-4-27-13-14-29-24(31)26(3)16-20-19-15-18(33-5-2)11-12-21(19)28-22(20)23(30(26)25(29)32)17-9-7-6-8-10-17/h6-9,11-12,15,17,23,27-28H,4-5,10,13-14,16H2,1-3H3/t17?,23-,26+/m1/s1. The van der Waals surface area contributed by atoms with E-state index in [0.717, 1.165) is 40.9 Å². The molecule has 33 heavy (non-hydrogen) atoms. The normalized spacial score (nSPS) is 26.3. The van der Waals surface area contributed by atoms with Crippen molar-refractivity contribution in [1.82, 2.24) is 20.1 Å². The maximum atomic E-state index is 13.7. The summed E-state index contributed by atoms with van der Waals surface area (Å²) in [7, 11) is 0. The molecule has 2 aromatic rings. The van der Waals surface area contributed by atoms with Crippen molar-refractivity contribution in [2.45, 2.75) is 45.2 Å². The van der Waals surface area contributed by atoms with E-state index in [4.69, 9.17) is 4.74 Å². The minimum Gasteiger partial charge on any atom is -0.494 e. The molecular weight excluding hydrogens is 416 g/mol. The van der Waals surface area contributed by atoms with E-state index in [1.54, 1.807) is 0 Å². The van der Waals surface area contributed by atoms with Crippen molar-refractivity contribution in [1.29, 1.82) is 0 Å². The molecule has 0 bridgehead atoms. The highest BCUT2D eigenvalue weighted by Gasteiger charge is 2.60. The van der Waals surface area contributed by atoms with E-state index >= 15 is 0 Å². The van der Waals surface area contributed by atoms with Gasteiger partial charge in [-0.3, -0.25) is 9.69 Å². The maximum absolute atomic E-state index is 13.7. The first-order valence-corrected chi connectivity index (χ1v) is 12.0. The van der Waals surface area contributed by atoms with E-state index in [1.807, 2.05) is 50.0 Å². The number of hydrogen-bond donors (Lipinski definition) is 2. The van der Waals surface area contributed by atoms with Crippen LogP contribution >= 0.6 is 0 Å². The minimum atomic E-state index is -0.910. The summed E-state index contributed by atoms with van der Waals surface area (Å²) in [4.78, 5) is 34.3. The first-order chi connectivity index (χ1) is 16.0. The molecule has 0 saturated carbocycles. The summed E-state index contributed by atoms with van der Waals surface area (Å²) in [6.45, 7) is 8.31. The molecule has 2 aliphatic heterocycles. The zero-order valence-corrected chi connectivity index (χ0v) is 19.6. The van der Waals surface area contributed by atoms with Crippen LogP contribution in [-0.2, 0) is 11.2 Å². The van der Waals surface area contributed by atoms with E-state index in [2.05, 4.69) is 28.5 Å². The van der Waals surface area contributed by atoms with Crippen LogP contribution in [0, 0.1) is 5.92 Å². The lowest BCUT2D eigenvalue weighted by atomic mass is 9.78. The highest BCUT2D eigenvalue weighted by atomic mass is 16.5. The van der Waals surface area contributed by atoms with E-state index in [1.165, 1.54) is 4.90 Å². The number of fused-ring (bicyclic) bond motifs is 4. The van der Waals surface area contributed by atoms with Crippen molar-refractivity contribution >= 4 is 22.8 Å². The molecule has 1 aromatic heterocycles. The predicted octanol–water partition coefficient (Wildman–Crippen LogP) is 3.93. The third-order valence-electron chi connectivity index (χ3n) is 7.17. The predicted molar refractivity (Wildman–Crippen MR) is 128 cm³/mol. The Bertz CT molecular complexity index is 1150. The number of aromatic amines is 1. The maximum Gasteiger partial charge on any atom is 0.328 e. The Hall–Kier alpha value is -3.06. The molecule has 0 radical (unpaired) electrons. The zero-order chi connectivity index (χ0) is 23.2. The van der Waals surface area contributed by atoms with Gasteiger partial charge in [-0.15, -0.1) is 0 Å². The highest BCUT2D eigenvalue weighted by molar-refractivity contribution is 6.08. The lowest BCUT2D eigenvalue weighted by Gasteiger charge is -2.45. The molecule has 3 atom stereocenters. The molecule has 1 unspecified atom stereocenters. The first-order valence-electron chi connectivity index (χ1n) is 12.0. The number of aromatic nitrogens is 1. The Morgan fingerprint density at radius 3 is 2.82 bits per heavy atom. The van der Waals surface area contributed by atoms with Crippen LogP contribution in [0.5, 0.6) is 5.75 Å². The van der Waals surface area contributed by atoms with Crippen molar-refractivity contribution in [2.75, 3.05) is 26.2 Å². The minimum absolute atomic E-state index is 0.0956. The van der Waals surface area contributed by atoms with Crippen molar-refractivity contribution in [3.05, 3.63) is 53.8 Å². The number of rotatable bonds is 7. The lowest BCUT2D eigenvalue weighted by molar-refractivity contribution is -0.133. The van der Waals surface area contributed by atoms with Gasteiger partial charge in [-0.1, -0.05) is 31.2 Å². The van der Waals surface area contributed by atoms with Crippen molar-refractivity contribution in [3.63, 3.8) is 0 Å². The fourth-order valence-electron chi connectivity index (χ4n) is 5.63. The molecule has 3 aliphatic rings. The Labute approximate surface area is 194 Å². The van der Waals surface area contributed by atoms with Crippen LogP contribution in [-0.4, -0.2) is 58.5 Å². The number of ether oxygens (including phenoxy) is 1. The van der Waals surface area contributed by atoms with Crippen LogP contribution in [0.2, 0.25) is 0 Å². The van der Waals surface area contributed by atoms with E-state index in [0.29, 0.717) is 26.1 Å². The summed E-state index contributed by atoms with van der Waals surface area (Å²) < 4.78 is 5.76. The number of allylic oxidation sites excluding steroid dienone is 3. The Kier molecular flexibility index (Phi) is 5.52. The number of benzene rings is 1. The Morgan fingerprint density at radius 1 is 1.24 bits per heavy atom. The molecular formula is C26H32N4O3. The van der Waals surface area contributed by atoms with Crippen LogP contribution in [0.15, 0.2) is 42.5 Å². The molecule has 1 aromatic carbocycles. The molecule has 174 valence electrons. The van der Waals surface area contributed by atoms with Gasteiger partial charge >= 0.3 is 6.03 Å². The van der Waals surface area contributed by atoms with Gasteiger partial charge in [0, 0.05) is 42.0 Å². The number of H-pyrrole nitrogens is 1. The van der Waals surface area contributed by atoms with E-state index < -0.39 is 5.54 Å². The third kappa shape index (κ3) is 3.37. The van der Waals surface area contributed by atoms with Gasteiger partial charge in [-0.05, 0) is 50.6 Å². The van der Waals surface area contributed by atoms with Crippen molar-refractivity contribution < 1.29 is 14.3 Å². The molecule has 2 N–H and O–H groups in total. The van der Waals surface area contributed by atoms with Gasteiger partial charge in [-0.2, -0.15) is 0 Å². The molecule has 0 spiro atoms. The lowest BCUT2D eigenvalue weighted by Crippen LogP contribution is -2.54. The molecule has 5 rings (SSSR count). The SMILES string of the molecule is CCNCCN1C(=O)N2[C@H](C3C=CC=CC3)c3[nH]c4ccc(OCC)cc4c3C[C@@]2(C)C1=O. The average molecular weight is 449 g/mol. The number of urea groups is 1. The molecule has 7 heteroatoms. The summed E-state index contributed by atoms with van der Waals surface area (Å²) in [5.41, 5.74) is 2.26. The smallest absolute Gasteiger partial charge is 0.328 e. The van der Waals surface area contributed by atoms with E-state index in [-0.39, 0.29) is 23.9 Å². The molecule has 3 amide bonds. The van der Waals surface area contributed by atoms with Gasteiger partial charge in [0.25, 0.3) is 5.91 Å². The van der Waals surface area contributed by atoms with Gasteiger partial charge in [0.15, 0.2) is 0 Å². The number of nitrogens with one attached hydrogen (secondary N) is 2. The number of carbonyl (C=O) groups is 2.